The van der Waals surface area contributed by atoms with Gasteiger partial charge < -0.3 is 14.4 Å². The molecular weight excluding hydrogens is 454 g/mol. The molecule has 0 amide bonds. The van der Waals surface area contributed by atoms with Crippen molar-refractivity contribution in [2.75, 3.05) is 23.9 Å². The molecule has 180 valence electrons. The number of nitrogens with zero attached hydrogens (tertiary/aromatic N) is 8. The molecule has 0 unspecified atom stereocenters. The van der Waals surface area contributed by atoms with E-state index in [1.807, 2.05) is 43.6 Å². The first-order valence-corrected chi connectivity index (χ1v) is 10.3. The number of pyridine rings is 1. The fraction of sp³-hybridized carbons (Fsp3) is 0.381. The van der Waals surface area contributed by atoms with Crippen molar-refractivity contribution in [3.63, 3.8) is 0 Å². The lowest BCUT2D eigenvalue weighted by atomic mass is 10.1. The summed E-state index contributed by atoms with van der Waals surface area (Å²) in [5.74, 6) is 0.728. The molecule has 0 aliphatic rings. The number of nitrogens with one attached hydrogen (secondary N) is 1. The number of aryl methyl sites for hydroxylation is 3. The van der Waals surface area contributed by atoms with Gasteiger partial charge in [-0.05, 0) is 42.0 Å². The monoisotopic (exact) mass is 478 g/mol. The van der Waals surface area contributed by atoms with Crippen molar-refractivity contribution in [1.82, 2.24) is 29.9 Å². The molecule has 1 N–H and O–H groups in total. The lowest BCUT2D eigenvalue weighted by molar-refractivity contribution is -0.783. The van der Waals surface area contributed by atoms with Crippen LogP contribution in [0.15, 0.2) is 24.3 Å². The van der Waals surface area contributed by atoms with Crippen molar-refractivity contribution in [1.29, 1.82) is 0 Å². The molecule has 3 aromatic heterocycles. The first-order valence-electron chi connectivity index (χ1n) is 10.3. The number of hydrogen-bond donors (Lipinski definition) is 1. The zero-order valence-corrected chi connectivity index (χ0v) is 19.3. The number of H-pyrrole nitrogens is 1. The normalized spacial score (nSPS) is 11.9. The minimum atomic E-state index is -4.66. The molecule has 0 bridgehead atoms. The Morgan fingerprint density at radius 3 is 2.44 bits per heavy atom. The van der Waals surface area contributed by atoms with E-state index in [4.69, 9.17) is 4.98 Å². The molecular formula is C21H24F4N9+. The van der Waals surface area contributed by atoms with Crippen LogP contribution in [0.3, 0.4) is 0 Å². The maximum atomic E-state index is 14.0. The summed E-state index contributed by atoms with van der Waals surface area (Å²) >= 11 is 0. The van der Waals surface area contributed by atoms with E-state index in [0.29, 0.717) is 23.0 Å². The molecule has 4 aromatic rings. The highest BCUT2D eigenvalue weighted by atomic mass is 19.4. The van der Waals surface area contributed by atoms with Gasteiger partial charge in [0.05, 0.1) is 17.2 Å². The Morgan fingerprint density at radius 1 is 1.09 bits per heavy atom. The first kappa shape index (κ1) is 23.4. The quantitative estimate of drug-likeness (QED) is 0.339. The summed E-state index contributed by atoms with van der Waals surface area (Å²) in [6.45, 7) is 2.01. The van der Waals surface area contributed by atoms with E-state index < -0.39 is 17.6 Å². The molecule has 0 aliphatic carbocycles. The summed E-state index contributed by atoms with van der Waals surface area (Å²) in [7, 11) is 7.20. The van der Waals surface area contributed by atoms with E-state index >= 15 is 0 Å². The van der Waals surface area contributed by atoms with Crippen LogP contribution in [0, 0.1) is 12.7 Å². The van der Waals surface area contributed by atoms with Gasteiger partial charge in [0.2, 0.25) is 0 Å². The highest BCUT2D eigenvalue weighted by molar-refractivity contribution is 5.76. The first-order chi connectivity index (χ1) is 15.9. The van der Waals surface area contributed by atoms with Gasteiger partial charge in [-0.1, -0.05) is 4.80 Å². The Morgan fingerprint density at radius 2 is 1.82 bits per heavy atom. The number of imidazole rings is 1. The van der Waals surface area contributed by atoms with E-state index in [9.17, 15) is 17.6 Å². The van der Waals surface area contributed by atoms with Crippen molar-refractivity contribution in [2.24, 2.45) is 14.1 Å². The minimum Gasteiger partial charge on any atom is -0.362 e. The maximum absolute atomic E-state index is 14.0. The standard InChI is InChI=1S/C21H23F4N9/c1-12-26-17-8-14(18(31(2)3)27-19(17)32(12)4)11-34(20-28-30-33(5)29-20)10-13-6-15(21(23,24)25)9-16(22)7-13/h6-9H,10-11H2,1-5H3/p+1. The van der Waals surface area contributed by atoms with Crippen molar-refractivity contribution >= 4 is 22.9 Å². The predicted octanol–water partition coefficient (Wildman–Crippen LogP) is 2.65. The fourth-order valence-electron chi connectivity index (χ4n) is 3.72. The molecule has 0 atom stereocenters. The van der Waals surface area contributed by atoms with Crippen molar-refractivity contribution < 1.29 is 22.4 Å². The molecule has 0 saturated heterocycles. The zero-order chi connectivity index (χ0) is 24.8. The van der Waals surface area contributed by atoms with Crippen LogP contribution in [0.4, 0.5) is 29.3 Å². The number of alkyl halides is 3. The minimum absolute atomic E-state index is 0.0646. The third kappa shape index (κ3) is 4.63. The van der Waals surface area contributed by atoms with Gasteiger partial charge in [-0.2, -0.15) is 13.2 Å². The smallest absolute Gasteiger partial charge is 0.362 e. The van der Waals surface area contributed by atoms with Gasteiger partial charge in [-0.25, -0.2) is 14.4 Å². The second-order valence-corrected chi connectivity index (χ2v) is 8.26. The van der Waals surface area contributed by atoms with E-state index in [-0.39, 0.29) is 24.6 Å². The molecule has 0 fully saturated rings. The zero-order valence-electron chi connectivity index (χ0n) is 19.3. The van der Waals surface area contributed by atoms with Gasteiger partial charge in [0, 0.05) is 38.3 Å². The van der Waals surface area contributed by atoms with Crippen molar-refractivity contribution in [2.45, 2.75) is 26.2 Å². The summed E-state index contributed by atoms with van der Waals surface area (Å²) in [5.41, 5.74) is 1.24. The van der Waals surface area contributed by atoms with Crippen LogP contribution in [0.5, 0.6) is 0 Å². The van der Waals surface area contributed by atoms with E-state index in [1.54, 1.807) is 11.9 Å². The Balaban J connectivity index is 1.77. The Kier molecular flexibility index (Phi) is 5.87. The van der Waals surface area contributed by atoms with E-state index in [1.165, 1.54) is 4.80 Å². The summed E-state index contributed by atoms with van der Waals surface area (Å²) in [6.07, 6.45) is -4.66. The fourth-order valence-corrected chi connectivity index (χ4v) is 3.72. The molecule has 1 aromatic carbocycles. The summed E-state index contributed by atoms with van der Waals surface area (Å²) in [6, 6.07) is 4.37. The summed E-state index contributed by atoms with van der Waals surface area (Å²) in [4.78, 5) is 14.2. The number of aromatic nitrogens is 7. The van der Waals surface area contributed by atoms with E-state index in [2.05, 4.69) is 20.4 Å². The lowest BCUT2D eigenvalue weighted by Gasteiger charge is -2.22. The number of tetrazole rings is 1. The van der Waals surface area contributed by atoms with Gasteiger partial charge in [-0.15, -0.1) is 0 Å². The van der Waals surface area contributed by atoms with E-state index in [0.717, 1.165) is 23.5 Å². The molecule has 4 rings (SSSR count). The highest BCUT2D eigenvalue weighted by Gasteiger charge is 2.32. The number of aromatic amines is 1. The average Bonchev–Trinajstić information content (AvgIpc) is 3.28. The number of rotatable bonds is 6. The highest BCUT2D eigenvalue weighted by Crippen LogP contribution is 2.31. The van der Waals surface area contributed by atoms with Crippen LogP contribution in [-0.4, -0.2) is 44.0 Å². The van der Waals surface area contributed by atoms with Gasteiger partial charge >= 0.3 is 12.1 Å². The molecule has 34 heavy (non-hydrogen) atoms. The van der Waals surface area contributed by atoms with Crippen LogP contribution in [0.1, 0.15) is 22.5 Å². The van der Waals surface area contributed by atoms with Gasteiger partial charge in [0.1, 0.15) is 30.0 Å². The maximum Gasteiger partial charge on any atom is 0.416 e. The summed E-state index contributed by atoms with van der Waals surface area (Å²) in [5, 5.41) is 11.1. The number of fused-ring (bicyclic) bond motifs is 1. The predicted molar refractivity (Wildman–Crippen MR) is 116 cm³/mol. The number of halogens is 4. The molecule has 0 aliphatic heterocycles. The van der Waals surface area contributed by atoms with Crippen LogP contribution < -0.4 is 14.6 Å². The average molecular weight is 478 g/mol. The number of hydrogen-bond acceptors (Lipinski definition) is 6. The Hall–Kier alpha value is -3.77. The van der Waals surface area contributed by atoms with Crippen LogP contribution in [0.2, 0.25) is 0 Å². The van der Waals surface area contributed by atoms with Crippen molar-refractivity contribution in [3.8, 4) is 0 Å². The van der Waals surface area contributed by atoms with Gasteiger partial charge in [0.15, 0.2) is 5.65 Å². The number of anilines is 2. The van der Waals surface area contributed by atoms with Crippen LogP contribution in [-0.2, 0) is 33.4 Å². The Bertz CT molecular complexity index is 1340. The van der Waals surface area contributed by atoms with Gasteiger partial charge in [-0.3, -0.25) is 0 Å². The van der Waals surface area contributed by atoms with Gasteiger partial charge in [0.25, 0.3) is 0 Å². The molecule has 13 heteroatoms. The second kappa shape index (κ2) is 8.54. The SMILES string of the molecule is Cc1nc2cc(CN(Cc3cc(F)cc(C(F)(F)F)c3)c3n[nH][n+](C)n3)c(N(C)C)nc2n1C. The topological polar surface area (TPSA) is 82.6 Å². The van der Waals surface area contributed by atoms with Crippen LogP contribution in [0.25, 0.3) is 11.2 Å². The molecule has 0 saturated carbocycles. The number of benzene rings is 1. The second-order valence-electron chi connectivity index (χ2n) is 8.26. The Labute approximate surface area is 192 Å². The lowest BCUT2D eigenvalue weighted by Crippen LogP contribution is -2.34. The molecule has 9 nitrogen and oxygen atoms in total. The largest absolute Gasteiger partial charge is 0.416 e. The summed E-state index contributed by atoms with van der Waals surface area (Å²) < 4.78 is 55.7. The molecule has 0 radical (unpaired) electrons. The molecule has 3 heterocycles. The third-order valence-corrected chi connectivity index (χ3v) is 5.38. The molecule has 0 spiro atoms. The van der Waals surface area contributed by atoms with Crippen molar-refractivity contribution in [3.05, 3.63) is 52.6 Å². The third-order valence-electron chi connectivity index (χ3n) is 5.38. The van der Waals surface area contributed by atoms with Crippen LogP contribution >= 0.6 is 0 Å².